The molecule has 1 N–H and O–H groups in total. The molecule has 1 aromatic carbocycles. The van der Waals surface area contributed by atoms with Crippen LogP contribution in [0.15, 0.2) is 57.6 Å². The topological polar surface area (TPSA) is 101 Å². The molecule has 0 aliphatic carbocycles. The fourth-order valence-electron chi connectivity index (χ4n) is 2.86. The summed E-state index contributed by atoms with van der Waals surface area (Å²) in [4.78, 5) is 30.5. The van der Waals surface area contributed by atoms with Gasteiger partial charge in [-0.2, -0.15) is 0 Å². The lowest BCUT2D eigenvalue weighted by atomic mass is 9.97. The van der Waals surface area contributed by atoms with Crippen molar-refractivity contribution in [3.05, 3.63) is 64.7 Å². The van der Waals surface area contributed by atoms with E-state index in [1.54, 1.807) is 31.3 Å². The van der Waals surface area contributed by atoms with Crippen LogP contribution < -0.4 is 5.32 Å². The number of aromatic nitrogens is 3. The molecule has 1 aliphatic heterocycles. The van der Waals surface area contributed by atoms with Crippen molar-refractivity contribution in [1.82, 2.24) is 25.4 Å². The summed E-state index contributed by atoms with van der Waals surface area (Å²) in [7, 11) is 0. The minimum atomic E-state index is -1.23. The van der Waals surface area contributed by atoms with Crippen LogP contribution >= 0.6 is 15.9 Å². The van der Waals surface area contributed by atoms with E-state index in [0.717, 1.165) is 14.9 Å². The quantitative estimate of drug-likeness (QED) is 0.642. The summed E-state index contributed by atoms with van der Waals surface area (Å²) in [6.07, 6.45) is 1.57. The van der Waals surface area contributed by atoms with Crippen LogP contribution in [0, 0.1) is 0 Å². The third-order valence-electron chi connectivity index (χ3n) is 4.28. The van der Waals surface area contributed by atoms with Crippen LogP contribution in [0.5, 0.6) is 0 Å². The van der Waals surface area contributed by atoms with E-state index in [-0.39, 0.29) is 12.4 Å². The Hall–Kier alpha value is -3.07. The molecule has 3 amide bonds. The average molecular weight is 428 g/mol. The molecule has 1 saturated heterocycles. The van der Waals surface area contributed by atoms with E-state index < -0.39 is 17.5 Å². The fraction of sp³-hybridized carbons (Fsp3) is 0.167. The zero-order valence-corrected chi connectivity index (χ0v) is 15.8. The van der Waals surface area contributed by atoms with Gasteiger partial charge in [-0.15, -0.1) is 10.2 Å². The first-order valence-electron chi connectivity index (χ1n) is 8.11. The first-order chi connectivity index (χ1) is 13.0. The molecule has 2 aromatic heterocycles. The summed E-state index contributed by atoms with van der Waals surface area (Å²) >= 11 is 3.39. The number of hydrogen-bond acceptors (Lipinski definition) is 6. The Morgan fingerprint density at radius 2 is 2.04 bits per heavy atom. The number of amides is 3. The first kappa shape index (κ1) is 17.3. The van der Waals surface area contributed by atoms with Crippen LogP contribution in [0.1, 0.15) is 18.5 Å². The maximum atomic E-state index is 12.9. The van der Waals surface area contributed by atoms with Crippen LogP contribution in [0.2, 0.25) is 0 Å². The molecule has 1 atom stereocenters. The monoisotopic (exact) mass is 427 g/mol. The highest BCUT2D eigenvalue weighted by atomic mass is 79.9. The Morgan fingerprint density at radius 3 is 2.78 bits per heavy atom. The molecule has 1 unspecified atom stereocenters. The van der Waals surface area contributed by atoms with Gasteiger partial charge in [-0.25, -0.2) is 4.79 Å². The van der Waals surface area contributed by atoms with Gasteiger partial charge in [-0.3, -0.25) is 14.7 Å². The number of nitrogens with zero attached hydrogens (tertiary/aromatic N) is 4. The molecule has 9 heteroatoms. The highest BCUT2D eigenvalue weighted by molar-refractivity contribution is 9.10. The summed E-state index contributed by atoms with van der Waals surface area (Å²) in [6.45, 7) is 1.50. The van der Waals surface area contributed by atoms with Gasteiger partial charge in [0.15, 0.2) is 5.54 Å². The lowest BCUT2D eigenvalue weighted by molar-refractivity contribution is -0.131. The molecule has 0 radical (unpaired) electrons. The van der Waals surface area contributed by atoms with E-state index >= 15 is 0 Å². The van der Waals surface area contributed by atoms with Gasteiger partial charge in [0, 0.05) is 16.2 Å². The lowest BCUT2D eigenvalue weighted by Crippen LogP contribution is -2.41. The lowest BCUT2D eigenvalue weighted by Gasteiger charge is -2.20. The number of nitrogens with one attached hydrogen (secondary N) is 1. The Bertz CT molecular complexity index is 1020. The fourth-order valence-corrected chi connectivity index (χ4v) is 3.26. The highest BCUT2D eigenvalue weighted by Crippen LogP contribution is 2.29. The second-order valence-electron chi connectivity index (χ2n) is 6.17. The van der Waals surface area contributed by atoms with E-state index in [0.29, 0.717) is 11.6 Å². The van der Waals surface area contributed by atoms with E-state index in [1.165, 1.54) is 0 Å². The van der Waals surface area contributed by atoms with Gasteiger partial charge in [0.2, 0.25) is 11.8 Å². The Balaban J connectivity index is 1.57. The van der Waals surface area contributed by atoms with Gasteiger partial charge in [-0.1, -0.05) is 28.1 Å². The number of carbonyl (C=O) groups is 2. The standard InChI is InChI=1S/C18H14BrN5O3/c1-18(13-7-2-3-8-20-13)16(25)24(17(26)21-18)10-14-22-23-15(27-14)11-5-4-6-12(19)9-11/h2-9H,10H2,1H3,(H,21,26). The SMILES string of the molecule is CC1(c2ccccn2)NC(=O)N(Cc2nnc(-c3cccc(Br)c3)o2)C1=O. The van der Waals surface area contributed by atoms with Gasteiger partial charge in [0.05, 0.1) is 5.69 Å². The van der Waals surface area contributed by atoms with Gasteiger partial charge < -0.3 is 9.73 Å². The van der Waals surface area contributed by atoms with E-state index in [9.17, 15) is 9.59 Å². The van der Waals surface area contributed by atoms with Crippen molar-refractivity contribution in [2.75, 3.05) is 0 Å². The zero-order valence-electron chi connectivity index (χ0n) is 14.2. The second kappa shape index (κ2) is 6.58. The Kier molecular flexibility index (Phi) is 4.23. The van der Waals surface area contributed by atoms with Crippen molar-refractivity contribution in [3.63, 3.8) is 0 Å². The summed E-state index contributed by atoms with van der Waals surface area (Å²) in [5, 5.41) is 10.6. The molecule has 4 rings (SSSR count). The van der Waals surface area contributed by atoms with Crippen molar-refractivity contribution in [1.29, 1.82) is 0 Å². The van der Waals surface area contributed by atoms with Crippen LogP contribution in [-0.2, 0) is 16.9 Å². The normalized spacial score (nSPS) is 19.4. The highest BCUT2D eigenvalue weighted by Gasteiger charge is 2.50. The predicted octanol–water partition coefficient (Wildman–Crippen LogP) is 2.86. The average Bonchev–Trinajstić information content (AvgIpc) is 3.22. The molecule has 3 aromatic rings. The van der Waals surface area contributed by atoms with Crippen LogP contribution in [-0.4, -0.2) is 32.0 Å². The van der Waals surface area contributed by atoms with Gasteiger partial charge in [-0.05, 0) is 37.3 Å². The number of hydrogen-bond donors (Lipinski definition) is 1. The number of pyridine rings is 1. The van der Waals surface area contributed by atoms with Crippen LogP contribution in [0.25, 0.3) is 11.5 Å². The van der Waals surface area contributed by atoms with Gasteiger partial charge in [0.1, 0.15) is 6.54 Å². The molecule has 1 aliphatic rings. The van der Waals surface area contributed by atoms with E-state index in [2.05, 4.69) is 36.4 Å². The van der Waals surface area contributed by atoms with Gasteiger partial charge >= 0.3 is 6.03 Å². The molecule has 0 bridgehead atoms. The largest absolute Gasteiger partial charge is 0.419 e. The molecule has 136 valence electrons. The maximum Gasteiger partial charge on any atom is 0.325 e. The number of urea groups is 1. The third kappa shape index (κ3) is 3.10. The smallest absolute Gasteiger partial charge is 0.325 e. The Labute approximate surface area is 162 Å². The van der Waals surface area contributed by atoms with Crippen molar-refractivity contribution in [2.24, 2.45) is 0 Å². The molecule has 3 heterocycles. The molecule has 0 spiro atoms. The predicted molar refractivity (Wildman–Crippen MR) is 98.1 cm³/mol. The number of benzene rings is 1. The van der Waals surface area contributed by atoms with E-state index in [1.807, 2.05) is 24.3 Å². The summed E-state index contributed by atoms with van der Waals surface area (Å²) in [5.74, 6) is 0.0537. The number of rotatable bonds is 4. The van der Waals surface area contributed by atoms with E-state index in [4.69, 9.17) is 4.42 Å². The third-order valence-corrected chi connectivity index (χ3v) is 4.78. The second-order valence-corrected chi connectivity index (χ2v) is 7.09. The Morgan fingerprint density at radius 1 is 1.19 bits per heavy atom. The van der Waals surface area contributed by atoms with Gasteiger partial charge in [0.25, 0.3) is 5.91 Å². The van der Waals surface area contributed by atoms with Crippen LogP contribution in [0.3, 0.4) is 0 Å². The zero-order chi connectivity index (χ0) is 19.0. The first-order valence-corrected chi connectivity index (χ1v) is 8.90. The summed E-state index contributed by atoms with van der Waals surface area (Å²) in [5.41, 5.74) is -0.0317. The van der Waals surface area contributed by atoms with Crippen molar-refractivity contribution in [2.45, 2.75) is 19.0 Å². The molecular weight excluding hydrogens is 414 g/mol. The van der Waals surface area contributed by atoms with Crippen LogP contribution in [0.4, 0.5) is 4.79 Å². The molecular formula is C18H14BrN5O3. The molecule has 0 saturated carbocycles. The maximum absolute atomic E-state index is 12.9. The number of halogens is 1. The molecule has 27 heavy (non-hydrogen) atoms. The number of carbonyl (C=O) groups excluding carboxylic acids is 2. The summed E-state index contributed by atoms with van der Waals surface area (Å²) in [6, 6.07) is 12.1. The number of imide groups is 1. The van der Waals surface area contributed by atoms with Crippen molar-refractivity contribution < 1.29 is 14.0 Å². The molecule has 8 nitrogen and oxygen atoms in total. The molecule has 1 fully saturated rings. The summed E-state index contributed by atoms with van der Waals surface area (Å²) < 4.78 is 6.50. The minimum absolute atomic E-state index is 0.117. The minimum Gasteiger partial charge on any atom is -0.419 e. The van der Waals surface area contributed by atoms with Crippen molar-refractivity contribution in [3.8, 4) is 11.5 Å². The van der Waals surface area contributed by atoms with Crippen molar-refractivity contribution >= 4 is 27.9 Å².